The number of ether oxygens (including phenoxy) is 2. The van der Waals surface area contributed by atoms with E-state index in [1.54, 1.807) is 10.6 Å². The molecule has 6 nitrogen and oxygen atoms in total. The van der Waals surface area contributed by atoms with Crippen LogP contribution in [0.2, 0.25) is 0 Å². The maximum Gasteiger partial charge on any atom is 0.325 e. The van der Waals surface area contributed by atoms with Crippen LogP contribution in [0.5, 0.6) is 5.75 Å². The number of thioether (sulfide) groups is 1. The van der Waals surface area contributed by atoms with Gasteiger partial charge >= 0.3 is 5.97 Å². The Morgan fingerprint density at radius 3 is 2.71 bits per heavy atom. The lowest BCUT2D eigenvalue weighted by molar-refractivity contribution is -0.141. The van der Waals surface area contributed by atoms with Gasteiger partial charge in [-0.1, -0.05) is 23.5 Å². The maximum atomic E-state index is 12.8. The van der Waals surface area contributed by atoms with Crippen molar-refractivity contribution in [1.82, 2.24) is 4.57 Å². The van der Waals surface area contributed by atoms with Crippen LogP contribution < -0.4 is 9.54 Å². The van der Waals surface area contributed by atoms with Crippen molar-refractivity contribution in [2.24, 2.45) is 4.99 Å². The van der Waals surface area contributed by atoms with E-state index < -0.39 is 5.97 Å². The Balaban J connectivity index is 2.14. The molecular formula is C20H20N2O4S2. The second-order valence-electron chi connectivity index (χ2n) is 5.73. The highest BCUT2D eigenvalue weighted by atomic mass is 32.2. The van der Waals surface area contributed by atoms with Gasteiger partial charge in [-0.25, -0.2) is 0 Å². The van der Waals surface area contributed by atoms with Crippen molar-refractivity contribution in [2.75, 3.05) is 20.0 Å². The van der Waals surface area contributed by atoms with Gasteiger partial charge < -0.3 is 14.0 Å². The minimum Gasteiger partial charge on any atom is -0.494 e. The first kappa shape index (κ1) is 20.2. The zero-order valence-corrected chi connectivity index (χ0v) is 17.4. The molecule has 0 aliphatic heterocycles. The van der Waals surface area contributed by atoms with E-state index in [1.807, 2.05) is 49.6 Å². The van der Waals surface area contributed by atoms with Crippen molar-refractivity contribution in [1.29, 1.82) is 0 Å². The summed E-state index contributed by atoms with van der Waals surface area (Å²) in [5, 5.41) is 0. The molecule has 0 aliphatic rings. The van der Waals surface area contributed by atoms with Crippen LogP contribution >= 0.6 is 23.1 Å². The van der Waals surface area contributed by atoms with Gasteiger partial charge in [0.2, 0.25) is 0 Å². The minimum atomic E-state index is -0.410. The molecule has 1 heterocycles. The molecule has 0 bridgehead atoms. The van der Waals surface area contributed by atoms with E-state index in [0.29, 0.717) is 17.0 Å². The SMILES string of the molecule is CCOc1ccc2c(c1)sc(=NC(=O)c1ccccc1SC)n2CC(=O)OC. The molecule has 1 aromatic heterocycles. The van der Waals surface area contributed by atoms with Crippen molar-refractivity contribution in [3.8, 4) is 5.75 Å². The van der Waals surface area contributed by atoms with Crippen LogP contribution in [-0.2, 0) is 16.1 Å². The topological polar surface area (TPSA) is 69.9 Å². The standard InChI is InChI=1S/C20H20N2O4S2/c1-4-26-13-9-10-15-17(11-13)28-20(22(15)12-18(23)25-2)21-19(24)14-7-5-6-8-16(14)27-3/h5-11H,4,12H2,1-3H3. The van der Waals surface area contributed by atoms with E-state index in [9.17, 15) is 9.59 Å². The van der Waals surface area contributed by atoms with Crippen molar-refractivity contribution < 1.29 is 19.1 Å². The second kappa shape index (κ2) is 9.07. The first-order chi connectivity index (χ1) is 13.6. The quantitative estimate of drug-likeness (QED) is 0.452. The molecule has 1 amide bonds. The third kappa shape index (κ3) is 4.28. The summed E-state index contributed by atoms with van der Waals surface area (Å²) in [7, 11) is 1.33. The number of aromatic nitrogens is 1. The fourth-order valence-electron chi connectivity index (χ4n) is 2.71. The number of methoxy groups -OCH3 is 1. The van der Waals surface area contributed by atoms with Gasteiger partial charge in [0, 0.05) is 4.90 Å². The maximum absolute atomic E-state index is 12.8. The van der Waals surface area contributed by atoms with Crippen LogP contribution in [0.1, 0.15) is 17.3 Å². The second-order valence-corrected chi connectivity index (χ2v) is 7.58. The highest BCUT2D eigenvalue weighted by Gasteiger charge is 2.14. The number of benzene rings is 2. The fraction of sp³-hybridized carbons (Fsp3) is 0.250. The van der Waals surface area contributed by atoms with E-state index in [4.69, 9.17) is 9.47 Å². The van der Waals surface area contributed by atoms with Gasteiger partial charge in [0.05, 0.1) is 29.5 Å². The molecule has 0 fully saturated rings. The average molecular weight is 417 g/mol. The Morgan fingerprint density at radius 1 is 1.21 bits per heavy atom. The van der Waals surface area contributed by atoms with Crippen LogP contribution in [-0.4, -0.2) is 36.4 Å². The molecule has 0 saturated carbocycles. The number of rotatable bonds is 6. The number of thiazole rings is 1. The number of nitrogens with zero attached hydrogens (tertiary/aromatic N) is 2. The summed E-state index contributed by atoms with van der Waals surface area (Å²) >= 11 is 2.82. The van der Waals surface area contributed by atoms with E-state index in [0.717, 1.165) is 20.9 Å². The van der Waals surface area contributed by atoms with Crippen molar-refractivity contribution in [2.45, 2.75) is 18.4 Å². The Labute approximate surface area is 170 Å². The van der Waals surface area contributed by atoms with E-state index in [1.165, 1.54) is 30.2 Å². The van der Waals surface area contributed by atoms with Gasteiger partial charge in [0.1, 0.15) is 12.3 Å². The Bertz CT molecular complexity index is 1090. The minimum absolute atomic E-state index is 0.0270. The summed E-state index contributed by atoms with van der Waals surface area (Å²) in [4.78, 5) is 30.3. The summed E-state index contributed by atoms with van der Waals surface area (Å²) in [5.41, 5.74) is 1.33. The highest BCUT2D eigenvalue weighted by Crippen LogP contribution is 2.24. The van der Waals surface area contributed by atoms with Gasteiger partial charge in [0.25, 0.3) is 5.91 Å². The molecule has 0 N–H and O–H groups in total. The zero-order valence-electron chi connectivity index (χ0n) is 15.8. The first-order valence-electron chi connectivity index (χ1n) is 8.62. The highest BCUT2D eigenvalue weighted by molar-refractivity contribution is 7.98. The van der Waals surface area contributed by atoms with Gasteiger partial charge in [-0.05, 0) is 43.5 Å². The van der Waals surface area contributed by atoms with Gasteiger partial charge in [-0.15, -0.1) is 11.8 Å². The lowest BCUT2D eigenvalue weighted by Gasteiger charge is -2.05. The molecular weight excluding hydrogens is 396 g/mol. The smallest absolute Gasteiger partial charge is 0.325 e. The van der Waals surface area contributed by atoms with Gasteiger partial charge in [-0.3, -0.25) is 9.59 Å². The summed E-state index contributed by atoms with van der Waals surface area (Å²) < 4.78 is 12.9. The Hall–Kier alpha value is -2.58. The van der Waals surface area contributed by atoms with E-state index >= 15 is 0 Å². The van der Waals surface area contributed by atoms with Crippen molar-refractivity contribution in [3.63, 3.8) is 0 Å². The molecule has 0 spiro atoms. The number of carbonyl (C=O) groups is 2. The molecule has 0 unspecified atom stereocenters. The van der Waals surface area contributed by atoms with Crippen molar-refractivity contribution >= 4 is 45.2 Å². The number of fused-ring (bicyclic) bond motifs is 1. The lowest BCUT2D eigenvalue weighted by atomic mass is 10.2. The Kier molecular flexibility index (Phi) is 6.53. The lowest BCUT2D eigenvalue weighted by Crippen LogP contribution is -2.22. The summed E-state index contributed by atoms with van der Waals surface area (Å²) in [5.74, 6) is -0.0285. The fourth-order valence-corrected chi connectivity index (χ4v) is 4.36. The summed E-state index contributed by atoms with van der Waals surface area (Å²) in [6, 6.07) is 12.9. The van der Waals surface area contributed by atoms with Crippen LogP contribution in [0.3, 0.4) is 0 Å². The van der Waals surface area contributed by atoms with Crippen LogP contribution in [0, 0.1) is 0 Å². The molecule has 0 radical (unpaired) electrons. The number of esters is 1. The molecule has 3 rings (SSSR count). The number of hydrogen-bond donors (Lipinski definition) is 0. The number of amides is 1. The third-order valence-electron chi connectivity index (χ3n) is 4.01. The predicted octanol–water partition coefficient (Wildman–Crippen LogP) is 3.74. The molecule has 3 aromatic rings. The van der Waals surface area contributed by atoms with E-state index in [-0.39, 0.29) is 12.5 Å². The molecule has 0 saturated heterocycles. The number of hydrogen-bond acceptors (Lipinski definition) is 6. The van der Waals surface area contributed by atoms with E-state index in [2.05, 4.69) is 4.99 Å². The van der Waals surface area contributed by atoms with Crippen molar-refractivity contribution in [3.05, 3.63) is 52.8 Å². The largest absolute Gasteiger partial charge is 0.494 e. The Morgan fingerprint density at radius 2 is 2.00 bits per heavy atom. The molecule has 0 atom stereocenters. The summed E-state index contributed by atoms with van der Waals surface area (Å²) in [6.07, 6.45) is 1.91. The molecule has 2 aromatic carbocycles. The van der Waals surface area contributed by atoms with Crippen LogP contribution in [0.25, 0.3) is 10.2 Å². The molecule has 0 aliphatic carbocycles. The monoisotopic (exact) mass is 416 g/mol. The molecule has 8 heteroatoms. The average Bonchev–Trinajstić information content (AvgIpc) is 3.04. The predicted molar refractivity (Wildman–Crippen MR) is 111 cm³/mol. The van der Waals surface area contributed by atoms with Crippen LogP contribution in [0.15, 0.2) is 52.4 Å². The first-order valence-corrected chi connectivity index (χ1v) is 10.7. The number of carbonyl (C=O) groups excluding carboxylic acids is 2. The zero-order chi connectivity index (χ0) is 20.1. The molecule has 28 heavy (non-hydrogen) atoms. The van der Waals surface area contributed by atoms with Gasteiger partial charge in [0.15, 0.2) is 4.80 Å². The summed E-state index contributed by atoms with van der Waals surface area (Å²) in [6.45, 7) is 2.44. The normalized spacial score (nSPS) is 11.6. The third-order valence-corrected chi connectivity index (χ3v) is 5.85. The van der Waals surface area contributed by atoms with Crippen LogP contribution in [0.4, 0.5) is 0 Å². The van der Waals surface area contributed by atoms with Gasteiger partial charge in [-0.2, -0.15) is 4.99 Å². The molecule has 146 valence electrons.